The van der Waals surface area contributed by atoms with Crippen LogP contribution >= 0.6 is 11.8 Å². The topological polar surface area (TPSA) is 65.6 Å². The number of hydrogen-bond acceptors (Lipinski definition) is 5. The van der Waals surface area contributed by atoms with Gasteiger partial charge >= 0.3 is 6.18 Å². The van der Waals surface area contributed by atoms with Crippen molar-refractivity contribution < 1.29 is 18.0 Å². The van der Waals surface area contributed by atoms with Gasteiger partial charge in [-0.25, -0.2) is 0 Å². The molecule has 0 saturated heterocycles. The Hall–Kier alpha value is -2.62. The molecule has 3 aromatic rings. The first-order valence-electron chi connectivity index (χ1n) is 8.83. The Morgan fingerprint density at radius 1 is 1.17 bits per heavy atom. The molecule has 3 rings (SSSR count). The smallest absolute Gasteiger partial charge is 0.339 e. The molecule has 2 aromatic heterocycles. The molecule has 0 atom stereocenters. The lowest BCUT2D eigenvalue weighted by Crippen LogP contribution is -2.19. The molecule has 6 nitrogen and oxygen atoms in total. The SMILES string of the molecule is Cc1cccc(-n2nnnc2SCC(=O)c2cc(C)n(CC(F)(F)F)c2C)c1C. The molecule has 0 saturated carbocycles. The quantitative estimate of drug-likeness (QED) is 0.438. The number of Topliss-reactive ketones (excluding diaryl/α,β-unsaturated/α-hetero) is 1. The fraction of sp³-hybridized carbons (Fsp3) is 0.368. The fourth-order valence-corrected chi connectivity index (χ4v) is 3.87. The van der Waals surface area contributed by atoms with Crippen LogP contribution in [0.5, 0.6) is 0 Å². The maximum atomic E-state index is 12.8. The van der Waals surface area contributed by atoms with E-state index in [9.17, 15) is 18.0 Å². The summed E-state index contributed by atoms with van der Waals surface area (Å²) >= 11 is 1.15. The van der Waals surface area contributed by atoms with Crippen LogP contribution in [0, 0.1) is 27.7 Å². The highest BCUT2D eigenvalue weighted by Gasteiger charge is 2.30. The number of aryl methyl sites for hydroxylation is 2. The molecule has 0 N–H and O–H groups in total. The molecule has 29 heavy (non-hydrogen) atoms. The highest BCUT2D eigenvalue weighted by Crippen LogP contribution is 2.26. The second-order valence-electron chi connectivity index (χ2n) is 6.79. The van der Waals surface area contributed by atoms with Crippen molar-refractivity contribution >= 4 is 17.5 Å². The van der Waals surface area contributed by atoms with Crippen LogP contribution in [0.2, 0.25) is 0 Å². The number of aromatic nitrogens is 5. The summed E-state index contributed by atoms with van der Waals surface area (Å²) in [7, 11) is 0. The largest absolute Gasteiger partial charge is 0.406 e. The Labute approximate surface area is 170 Å². The molecule has 0 unspecified atom stereocenters. The van der Waals surface area contributed by atoms with E-state index in [-0.39, 0.29) is 17.1 Å². The van der Waals surface area contributed by atoms with Crippen molar-refractivity contribution in [1.29, 1.82) is 0 Å². The third-order valence-corrected chi connectivity index (χ3v) is 5.71. The Balaban J connectivity index is 1.79. The lowest BCUT2D eigenvalue weighted by Gasteiger charge is -2.12. The Morgan fingerprint density at radius 2 is 1.90 bits per heavy atom. The summed E-state index contributed by atoms with van der Waals surface area (Å²) in [5, 5.41) is 12.1. The maximum absolute atomic E-state index is 12.8. The molecule has 154 valence electrons. The Bertz CT molecular complexity index is 1050. The second kappa shape index (κ2) is 8.02. The minimum absolute atomic E-state index is 0.0154. The van der Waals surface area contributed by atoms with Crippen LogP contribution in [0.4, 0.5) is 13.2 Å². The van der Waals surface area contributed by atoms with E-state index in [1.165, 1.54) is 13.0 Å². The summed E-state index contributed by atoms with van der Waals surface area (Å²) in [6, 6.07) is 7.26. The van der Waals surface area contributed by atoms with E-state index in [4.69, 9.17) is 0 Å². The molecule has 2 heterocycles. The van der Waals surface area contributed by atoms with Gasteiger partial charge < -0.3 is 4.57 Å². The minimum atomic E-state index is -4.35. The number of nitrogens with zero attached hydrogens (tertiary/aromatic N) is 5. The van der Waals surface area contributed by atoms with Gasteiger partial charge in [0.25, 0.3) is 0 Å². The van der Waals surface area contributed by atoms with Crippen molar-refractivity contribution in [2.24, 2.45) is 0 Å². The van der Waals surface area contributed by atoms with Crippen LogP contribution in [-0.2, 0) is 6.54 Å². The normalized spacial score (nSPS) is 11.8. The number of carbonyl (C=O) groups excluding carboxylic acids is 1. The van der Waals surface area contributed by atoms with E-state index in [2.05, 4.69) is 15.5 Å². The molecular formula is C19H20F3N5OS. The zero-order valence-corrected chi connectivity index (χ0v) is 17.2. The first-order chi connectivity index (χ1) is 13.6. The van der Waals surface area contributed by atoms with Crippen LogP contribution in [-0.4, -0.2) is 42.5 Å². The van der Waals surface area contributed by atoms with Gasteiger partial charge in [-0.15, -0.1) is 5.10 Å². The van der Waals surface area contributed by atoms with E-state index in [1.807, 2.05) is 32.0 Å². The summed E-state index contributed by atoms with van der Waals surface area (Å²) in [6.07, 6.45) is -4.35. The number of carbonyl (C=O) groups is 1. The summed E-state index contributed by atoms with van der Waals surface area (Å²) in [5.41, 5.74) is 3.90. The molecule has 10 heteroatoms. The molecule has 0 fully saturated rings. The summed E-state index contributed by atoms with van der Waals surface area (Å²) < 4.78 is 41.0. The molecule has 0 aliphatic heterocycles. The van der Waals surface area contributed by atoms with Gasteiger partial charge in [-0.3, -0.25) is 4.79 Å². The van der Waals surface area contributed by atoms with E-state index in [0.717, 1.165) is 33.1 Å². The van der Waals surface area contributed by atoms with Gasteiger partial charge in [0.1, 0.15) is 6.54 Å². The number of rotatable bonds is 6. The van der Waals surface area contributed by atoms with Crippen molar-refractivity contribution in [2.75, 3.05) is 5.75 Å². The molecule has 0 bridgehead atoms. The van der Waals surface area contributed by atoms with Crippen molar-refractivity contribution in [1.82, 2.24) is 24.8 Å². The van der Waals surface area contributed by atoms with Crippen molar-refractivity contribution in [3.05, 3.63) is 52.3 Å². The van der Waals surface area contributed by atoms with Crippen LogP contribution in [0.3, 0.4) is 0 Å². The van der Waals surface area contributed by atoms with Gasteiger partial charge in [-0.1, -0.05) is 23.9 Å². The van der Waals surface area contributed by atoms with E-state index >= 15 is 0 Å². The summed E-state index contributed by atoms with van der Waals surface area (Å²) in [4.78, 5) is 12.7. The molecule has 0 aliphatic rings. The number of alkyl halides is 3. The van der Waals surface area contributed by atoms with Crippen LogP contribution in [0.25, 0.3) is 5.69 Å². The molecular weight excluding hydrogens is 403 g/mol. The van der Waals surface area contributed by atoms with Crippen molar-refractivity contribution in [2.45, 2.75) is 45.6 Å². The highest BCUT2D eigenvalue weighted by atomic mass is 32.2. The van der Waals surface area contributed by atoms with Gasteiger partial charge in [-0.2, -0.15) is 17.9 Å². The average molecular weight is 423 g/mol. The lowest BCUT2D eigenvalue weighted by molar-refractivity contribution is -0.141. The Morgan fingerprint density at radius 3 is 2.59 bits per heavy atom. The highest BCUT2D eigenvalue weighted by molar-refractivity contribution is 7.99. The van der Waals surface area contributed by atoms with Crippen molar-refractivity contribution in [3.63, 3.8) is 0 Å². The average Bonchev–Trinajstić information content (AvgIpc) is 3.21. The number of ketones is 1. The van der Waals surface area contributed by atoms with Gasteiger partial charge in [0.15, 0.2) is 5.78 Å². The molecule has 1 aromatic carbocycles. The zero-order chi connectivity index (χ0) is 21.3. The maximum Gasteiger partial charge on any atom is 0.406 e. The van der Waals surface area contributed by atoms with Gasteiger partial charge in [-0.05, 0) is 61.4 Å². The molecule has 0 aliphatic carbocycles. The van der Waals surface area contributed by atoms with Gasteiger partial charge in [0.2, 0.25) is 5.16 Å². The molecule has 0 radical (unpaired) electrons. The number of tetrazole rings is 1. The predicted molar refractivity (Wildman–Crippen MR) is 104 cm³/mol. The number of hydrogen-bond donors (Lipinski definition) is 0. The van der Waals surface area contributed by atoms with Crippen LogP contribution < -0.4 is 0 Å². The zero-order valence-electron chi connectivity index (χ0n) is 16.4. The van der Waals surface area contributed by atoms with Crippen molar-refractivity contribution in [3.8, 4) is 5.69 Å². The number of benzene rings is 1. The minimum Gasteiger partial charge on any atom is -0.339 e. The third-order valence-electron chi connectivity index (χ3n) is 4.79. The molecule has 0 amide bonds. The summed E-state index contributed by atoms with van der Waals surface area (Å²) in [5.74, 6) is -0.256. The van der Waals surface area contributed by atoms with E-state index in [1.54, 1.807) is 11.6 Å². The van der Waals surface area contributed by atoms with E-state index in [0.29, 0.717) is 16.5 Å². The number of halogens is 3. The predicted octanol–water partition coefficient (Wildman–Crippen LogP) is 4.23. The van der Waals surface area contributed by atoms with Gasteiger partial charge in [0.05, 0.1) is 11.4 Å². The number of thioether (sulfide) groups is 1. The van der Waals surface area contributed by atoms with Crippen LogP contribution in [0.1, 0.15) is 32.9 Å². The first-order valence-corrected chi connectivity index (χ1v) is 9.81. The van der Waals surface area contributed by atoms with E-state index < -0.39 is 12.7 Å². The second-order valence-corrected chi connectivity index (χ2v) is 7.73. The third kappa shape index (κ3) is 4.52. The standard InChI is InChI=1S/C19H20F3N5OS/c1-11-6-5-7-16(13(11)3)27-18(23-24-25-27)29-9-17(28)15-8-12(2)26(14(15)4)10-19(20,21)22/h5-8H,9-10H2,1-4H3. The lowest BCUT2D eigenvalue weighted by atomic mass is 10.1. The van der Waals surface area contributed by atoms with Gasteiger partial charge in [0, 0.05) is 17.0 Å². The molecule has 0 spiro atoms. The monoisotopic (exact) mass is 423 g/mol. The fourth-order valence-electron chi connectivity index (χ4n) is 3.10. The summed E-state index contributed by atoms with van der Waals surface area (Å²) in [6.45, 7) is 5.91. The Kier molecular flexibility index (Phi) is 5.83. The van der Waals surface area contributed by atoms with Crippen LogP contribution in [0.15, 0.2) is 29.4 Å². The first kappa shape index (κ1) is 21.1.